The highest BCUT2D eigenvalue weighted by Gasteiger charge is 2.59. The number of fused-ring (bicyclic) bond motifs is 12. The molecule has 0 spiro atoms. The summed E-state index contributed by atoms with van der Waals surface area (Å²) in [5.74, 6) is 0. The third-order valence-electron chi connectivity index (χ3n) is 23.9. The van der Waals surface area contributed by atoms with Gasteiger partial charge in [0.25, 0.3) is 6.71 Å². The van der Waals surface area contributed by atoms with Crippen LogP contribution < -0.4 is 30.4 Å². The number of rotatable bonds is 4. The van der Waals surface area contributed by atoms with E-state index in [0.29, 0.717) is 0 Å². The fourth-order valence-corrected chi connectivity index (χ4v) is 19.8. The van der Waals surface area contributed by atoms with Gasteiger partial charge in [0.15, 0.2) is 0 Å². The lowest BCUT2D eigenvalue weighted by atomic mass is 9.36. The van der Waals surface area contributed by atoms with Crippen LogP contribution in [0.5, 0.6) is 0 Å². The summed E-state index contributed by atoms with van der Waals surface area (Å²) >= 11 is 2.09. The third-order valence-corrected chi connectivity index (χ3v) is 25.1. The van der Waals surface area contributed by atoms with Gasteiger partial charge >= 0.3 is 0 Å². The van der Waals surface area contributed by atoms with Crippen molar-refractivity contribution < 1.29 is 0 Å². The van der Waals surface area contributed by atoms with E-state index < -0.39 is 0 Å². The van der Waals surface area contributed by atoms with Crippen LogP contribution in [0.25, 0.3) is 21.2 Å². The molecule has 7 aromatic carbocycles. The van der Waals surface area contributed by atoms with Crippen LogP contribution in [0.4, 0.5) is 45.5 Å². The third kappa shape index (κ3) is 7.48. The Morgan fingerprint density at radius 3 is 1.62 bits per heavy atom. The molecular weight excluding hydrogens is 1030 g/mol. The van der Waals surface area contributed by atoms with E-state index in [1.807, 2.05) is 0 Å². The molecule has 84 heavy (non-hydrogen) atoms. The Bertz CT molecular complexity index is 4150. The van der Waals surface area contributed by atoms with E-state index in [0.717, 1.165) is 12.8 Å². The van der Waals surface area contributed by atoms with Gasteiger partial charge < -0.3 is 14.7 Å². The largest absolute Gasteiger partial charge is 0.334 e. The standard InChI is InChI=1S/C79H90BN3S/c1-47-37-49(3)68-64(38-47)83(79(17)30-22-21-29-78(68,79)16)52-26-28-61-63(42-52)82(62-45-59-57(74(8,9)33-35-76(59,12)13)43-53(62)50-23-19-18-20-24-50)66-40-48(2)39-65-69(66)80(61)71-70(54-44-58-60(46-67(54)84-71)77(14,15)36-34-75(58,10)11)81(65)51-25-27-55-56(41-51)73(6,7)32-31-72(55,4)5/h18-20,23-28,37-46H,21-22,29-36H2,1-17H3. The number of hydrogen-bond acceptors (Lipinski definition) is 4. The van der Waals surface area contributed by atoms with E-state index in [1.165, 1.54) is 184 Å². The minimum atomic E-state index is -0.0958. The molecule has 1 saturated carbocycles. The second-order valence-electron chi connectivity index (χ2n) is 32.2. The molecule has 430 valence electrons. The van der Waals surface area contributed by atoms with Crippen molar-refractivity contribution in [3.8, 4) is 11.1 Å². The smallest absolute Gasteiger partial charge is 0.264 e. The van der Waals surface area contributed by atoms with Crippen LogP contribution in [0.3, 0.4) is 0 Å². The molecule has 3 aliphatic heterocycles. The molecule has 0 bridgehead atoms. The first-order valence-electron chi connectivity index (χ1n) is 32.4. The number of nitrogens with zero attached hydrogens (tertiary/aromatic N) is 3. The van der Waals surface area contributed by atoms with Gasteiger partial charge in [-0.3, -0.25) is 0 Å². The number of anilines is 8. The van der Waals surface area contributed by atoms with E-state index in [9.17, 15) is 0 Å². The monoisotopic (exact) mass is 1120 g/mol. The molecule has 0 saturated heterocycles. The number of thiophene rings is 1. The molecule has 5 heteroatoms. The Kier molecular flexibility index (Phi) is 11.4. The lowest BCUT2D eigenvalue weighted by Gasteiger charge is -2.51. The van der Waals surface area contributed by atoms with Gasteiger partial charge in [0.2, 0.25) is 0 Å². The van der Waals surface area contributed by atoms with Crippen LogP contribution in [0.2, 0.25) is 0 Å². The van der Waals surface area contributed by atoms with Crippen molar-refractivity contribution in [1.82, 2.24) is 0 Å². The molecule has 15 rings (SSSR count). The minimum Gasteiger partial charge on any atom is -0.334 e. The van der Waals surface area contributed by atoms with E-state index in [2.05, 4.69) is 259 Å². The maximum atomic E-state index is 2.86. The molecular formula is C79H90BN3S. The van der Waals surface area contributed by atoms with E-state index >= 15 is 0 Å². The first-order valence-corrected chi connectivity index (χ1v) is 33.2. The molecule has 3 nitrogen and oxygen atoms in total. The second kappa shape index (κ2) is 17.6. The highest BCUT2D eigenvalue weighted by Crippen LogP contribution is 2.63. The van der Waals surface area contributed by atoms with Gasteiger partial charge in [-0.15, -0.1) is 11.3 Å². The van der Waals surface area contributed by atoms with Crippen molar-refractivity contribution in [3.05, 3.63) is 171 Å². The highest BCUT2D eigenvalue weighted by molar-refractivity contribution is 7.33. The van der Waals surface area contributed by atoms with Crippen LogP contribution in [0, 0.1) is 20.8 Å². The quantitative estimate of drug-likeness (QED) is 0.163. The summed E-state index contributed by atoms with van der Waals surface area (Å²) in [7, 11) is 0. The van der Waals surface area contributed by atoms with Gasteiger partial charge in [-0.2, -0.15) is 0 Å². The van der Waals surface area contributed by atoms with Gasteiger partial charge in [0, 0.05) is 60.0 Å². The molecule has 0 radical (unpaired) electrons. The maximum Gasteiger partial charge on any atom is 0.264 e. The molecule has 2 atom stereocenters. The topological polar surface area (TPSA) is 9.72 Å². The Balaban J connectivity index is 1.08. The molecule has 7 aliphatic rings. The Labute approximate surface area is 508 Å². The highest BCUT2D eigenvalue weighted by atomic mass is 32.1. The zero-order valence-electron chi connectivity index (χ0n) is 53.9. The van der Waals surface area contributed by atoms with Gasteiger partial charge in [-0.05, 0) is 250 Å². The fourth-order valence-electron chi connectivity index (χ4n) is 18.5. The average molecular weight is 1120 g/mol. The van der Waals surface area contributed by atoms with Crippen LogP contribution in [0.1, 0.15) is 217 Å². The summed E-state index contributed by atoms with van der Waals surface area (Å²) in [6, 6.07) is 47.8. The van der Waals surface area contributed by atoms with Gasteiger partial charge in [0.05, 0.1) is 16.9 Å². The molecule has 1 fully saturated rings. The van der Waals surface area contributed by atoms with Crippen molar-refractivity contribution in [3.63, 3.8) is 0 Å². The normalized spacial score (nSPS) is 23.9. The fraction of sp³-hybridized carbons (Fsp3) is 0.443. The number of hydrogen-bond donors (Lipinski definition) is 0. The molecule has 4 aliphatic carbocycles. The van der Waals surface area contributed by atoms with Gasteiger partial charge in [-0.25, -0.2) is 0 Å². The van der Waals surface area contributed by atoms with Crippen molar-refractivity contribution >= 4 is 89.3 Å². The lowest BCUT2D eigenvalue weighted by molar-refractivity contribution is 0.194. The summed E-state index contributed by atoms with van der Waals surface area (Å²) in [6.45, 7) is 42.3. The number of aryl methyl sites for hydroxylation is 3. The molecule has 2 unspecified atom stereocenters. The van der Waals surface area contributed by atoms with Gasteiger partial charge in [-0.1, -0.05) is 151 Å². The predicted octanol–water partition coefficient (Wildman–Crippen LogP) is 20.4. The molecule has 4 heterocycles. The first kappa shape index (κ1) is 54.6. The van der Waals surface area contributed by atoms with Crippen molar-refractivity contribution in [1.29, 1.82) is 0 Å². The summed E-state index contributed by atoms with van der Waals surface area (Å²) in [5, 5.41) is 1.40. The number of benzene rings is 7. The first-order chi connectivity index (χ1) is 39.6. The average Bonchev–Trinajstić information content (AvgIpc) is 1.40. The van der Waals surface area contributed by atoms with Crippen molar-refractivity contribution in [2.24, 2.45) is 0 Å². The predicted molar refractivity (Wildman–Crippen MR) is 364 cm³/mol. The van der Waals surface area contributed by atoms with Crippen LogP contribution in [0.15, 0.2) is 115 Å². The molecule has 0 amide bonds. The molecule has 0 N–H and O–H groups in total. The summed E-state index contributed by atoms with van der Waals surface area (Å²) in [4.78, 5) is 8.45. The Morgan fingerprint density at radius 2 is 0.964 bits per heavy atom. The van der Waals surface area contributed by atoms with Crippen LogP contribution in [-0.2, 0) is 37.9 Å². The summed E-state index contributed by atoms with van der Waals surface area (Å²) < 4.78 is 2.88. The minimum absolute atomic E-state index is 0.00126. The lowest BCUT2D eigenvalue weighted by Crippen LogP contribution is -2.60. The molecule has 1 aromatic heterocycles. The summed E-state index contributed by atoms with van der Waals surface area (Å²) in [6.07, 6.45) is 12.0. The second-order valence-corrected chi connectivity index (χ2v) is 33.3. The SMILES string of the molecule is Cc1cc2c3c(c1)N(c1ccc4c(c1)C(C)(C)CCC4(C)C)c1c(sc4cc5c(cc14)C(C)(C)CCC5(C)C)B3c1ccc(N3c4cc(C)cc(C)c4C4(C)CCCCC34C)cc1N2c1cc2c(cc1-c1ccccc1)C(C)(C)CCC2(C)C. The van der Waals surface area contributed by atoms with E-state index in [1.54, 1.807) is 5.56 Å². The zero-order valence-corrected chi connectivity index (χ0v) is 54.7. The van der Waals surface area contributed by atoms with Crippen LogP contribution in [-0.4, -0.2) is 12.3 Å². The van der Waals surface area contributed by atoms with E-state index in [-0.39, 0.29) is 50.2 Å². The molecule has 8 aromatic rings. The van der Waals surface area contributed by atoms with Gasteiger partial charge in [0.1, 0.15) is 0 Å². The zero-order chi connectivity index (χ0) is 59.0. The van der Waals surface area contributed by atoms with Crippen molar-refractivity contribution in [2.75, 3.05) is 14.7 Å². The maximum absolute atomic E-state index is 2.86. The van der Waals surface area contributed by atoms with Crippen molar-refractivity contribution in [2.45, 2.75) is 225 Å². The Morgan fingerprint density at radius 1 is 0.429 bits per heavy atom. The Hall–Kier alpha value is -6.04. The van der Waals surface area contributed by atoms with E-state index in [4.69, 9.17) is 0 Å². The van der Waals surface area contributed by atoms with Crippen LogP contribution >= 0.6 is 11.3 Å². The summed E-state index contributed by atoms with van der Waals surface area (Å²) in [5.41, 5.74) is 30.9.